The van der Waals surface area contributed by atoms with E-state index < -0.39 is 21.9 Å². The molecule has 0 spiro atoms. The monoisotopic (exact) mass is 329 g/mol. The second-order valence-corrected chi connectivity index (χ2v) is 7.50. The maximum atomic E-state index is 13.7. The highest BCUT2D eigenvalue weighted by Gasteiger charge is 2.16. The Morgan fingerprint density at radius 1 is 1.36 bits per heavy atom. The first kappa shape index (κ1) is 18.6. The Hall–Kier alpha value is -1.40. The second-order valence-electron chi connectivity index (χ2n) is 5.63. The molecular weight excluding hydrogens is 305 g/mol. The van der Waals surface area contributed by atoms with Gasteiger partial charge in [0.1, 0.15) is 0 Å². The summed E-state index contributed by atoms with van der Waals surface area (Å²) in [7, 11) is -3.40. The van der Waals surface area contributed by atoms with Crippen LogP contribution < -0.4 is 9.46 Å². The van der Waals surface area contributed by atoms with Gasteiger partial charge in [0.05, 0.1) is 12.4 Å². The van der Waals surface area contributed by atoms with E-state index in [0.29, 0.717) is 18.6 Å². The number of hydrogen-bond acceptors (Lipinski definition) is 3. The Morgan fingerprint density at radius 3 is 2.64 bits per heavy atom. The van der Waals surface area contributed by atoms with Crippen LogP contribution in [-0.2, 0) is 10.0 Å². The number of hydrogen-bond donors (Lipinski definition) is 1. The molecule has 0 fully saturated rings. The maximum absolute atomic E-state index is 13.7. The van der Waals surface area contributed by atoms with Crippen molar-refractivity contribution in [2.24, 2.45) is 5.92 Å². The lowest BCUT2D eigenvalue weighted by molar-refractivity contribution is 0.259. The number of halogens is 1. The summed E-state index contributed by atoms with van der Waals surface area (Å²) in [6, 6.07) is 3.92. The van der Waals surface area contributed by atoms with E-state index in [9.17, 15) is 12.8 Å². The Balaban J connectivity index is 2.83. The van der Waals surface area contributed by atoms with Crippen molar-refractivity contribution in [1.29, 1.82) is 0 Å². The van der Waals surface area contributed by atoms with Crippen LogP contribution in [0.25, 0.3) is 0 Å². The molecule has 0 bridgehead atoms. The van der Waals surface area contributed by atoms with Crippen molar-refractivity contribution in [2.75, 3.05) is 12.4 Å². The van der Waals surface area contributed by atoms with Gasteiger partial charge in [-0.15, -0.1) is 6.58 Å². The third kappa shape index (κ3) is 6.15. The first-order valence-electron chi connectivity index (χ1n) is 7.28. The molecule has 0 saturated heterocycles. The smallest absolute Gasteiger partial charge is 0.212 e. The van der Waals surface area contributed by atoms with Gasteiger partial charge in [-0.05, 0) is 37.0 Å². The highest BCUT2D eigenvalue weighted by atomic mass is 32.2. The largest absolute Gasteiger partial charge is 0.490 e. The van der Waals surface area contributed by atoms with Crippen molar-refractivity contribution >= 4 is 10.0 Å². The van der Waals surface area contributed by atoms with E-state index >= 15 is 0 Å². The summed E-state index contributed by atoms with van der Waals surface area (Å²) < 4.78 is 45.4. The van der Waals surface area contributed by atoms with Gasteiger partial charge in [-0.25, -0.2) is 17.5 Å². The van der Waals surface area contributed by atoms with Crippen molar-refractivity contribution in [3.63, 3.8) is 0 Å². The van der Waals surface area contributed by atoms with E-state index in [1.54, 1.807) is 25.1 Å². The summed E-state index contributed by atoms with van der Waals surface area (Å²) >= 11 is 0. The van der Waals surface area contributed by atoms with Crippen molar-refractivity contribution in [3.05, 3.63) is 42.2 Å². The van der Waals surface area contributed by atoms with Crippen LogP contribution in [0.5, 0.6) is 5.75 Å². The number of benzene rings is 1. The molecule has 0 unspecified atom stereocenters. The van der Waals surface area contributed by atoms with Crippen LogP contribution in [0.2, 0.25) is 0 Å². The Labute approximate surface area is 132 Å². The average molecular weight is 329 g/mol. The van der Waals surface area contributed by atoms with E-state index in [2.05, 4.69) is 11.3 Å². The van der Waals surface area contributed by atoms with Crippen LogP contribution in [0, 0.1) is 11.7 Å². The lowest BCUT2D eigenvalue weighted by Gasteiger charge is -2.16. The minimum atomic E-state index is -3.40. The number of rotatable bonds is 9. The third-order valence-corrected chi connectivity index (χ3v) is 4.46. The molecule has 0 saturated carbocycles. The van der Waals surface area contributed by atoms with Gasteiger partial charge in [0.15, 0.2) is 11.6 Å². The lowest BCUT2D eigenvalue weighted by atomic mass is 10.1. The number of ether oxygens (including phenoxy) is 1. The SMILES string of the molecule is C=CCCS(=O)(=O)N[C@H](C)c1ccc(F)c(OCC(C)C)c1. The second kappa shape index (κ2) is 8.29. The Kier molecular flexibility index (Phi) is 7.03. The van der Waals surface area contributed by atoms with Gasteiger partial charge in [-0.1, -0.05) is 26.0 Å². The van der Waals surface area contributed by atoms with Gasteiger partial charge in [-0.3, -0.25) is 0 Å². The zero-order valence-electron chi connectivity index (χ0n) is 13.3. The highest BCUT2D eigenvalue weighted by Crippen LogP contribution is 2.24. The van der Waals surface area contributed by atoms with Crippen LogP contribution in [0.15, 0.2) is 30.9 Å². The van der Waals surface area contributed by atoms with Crippen LogP contribution in [-0.4, -0.2) is 20.8 Å². The zero-order chi connectivity index (χ0) is 16.8. The van der Waals surface area contributed by atoms with E-state index in [4.69, 9.17) is 4.74 Å². The summed E-state index contributed by atoms with van der Waals surface area (Å²) in [6.45, 7) is 9.56. The zero-order valence-corrected chi connectivity index (χ0v) is 14.1. The fourth-order valence-electron chi connectivity index (χ4n) is 1.79. The Morgan fingerprint density at radius 2 is 2.05 bits per heavy atom. The van der Waals surface area contributed by atoms with Crippen LogP contribution in [0.4, 0.5) is 4.39 Å². The molecule has 1 N–H and O–H groups in total. The van der Waals surface area contributed by atoms with Crippen molar-refractivity contribution < 1.29 is 17.5 Å². The minimum absolute atomic E-state index is 0.0151. The van der Waals surface area contributed by atoms with Gasteiger partial charge in [0, 0.05) is 6.04 Å². The van der Waals surface area contributed by atoms with Crippen LogP contribution in [0.1, 0.15) is 38.8 Å². The molecule has 0 amide bonds. The average Bonchev–Trinajstić information content (AvgIpc) is 2.43. The molecule has 1 aromatic rings. The molecule has 1 atom stereocenters. The topological polar surface area (TPSA) is 55.4 Å². The van der Waals surface area contributed by atoms with E-state index in [1.807, 2.05) is 13.8 Å². The predicted octanol–water partition coefficient (Wildman–Crippen LogP) is 3.42. The normalized spacial score (nSPS) is 13.1. The lowest BCUT2D eigenvalue weighted by Crippen LogP contribution is -2.29. The van der Waals surface area contributed by atoms with Crippen molar-refractivity contribution in [1.82, 2.24) is 4.72 Å². The molecule has 1 rings (SSSR count). The van der Waals surface area contributed by atoms with Gasteiger partial charge in [-0.2, -0.15) is 0 Å². The van der Waals surface area contributed by atoms with Gasteiger partial charge in [0.25, 0.3) is 0 Å². The number of sulfonamides is 1. The fraction of sp³-hybridized carbons (Fsp3) is 0.500. The molecule has 0 aliphatic heterocycles. The van der Waals surface area contributed by atoms with Crippen molar-refractivity contribution in [2.45, 2.75) is 33.2 Å². The number of allylic oxidation sites excluding steroid dienone is 1. The highest BCUT2D eigenvalue weighted by molar-refractivity contribution is 7.89. The first-order valence-corrected chi connectivity index (χ1v) is 8.93. The fourth-order valence-corrected chi connectivity index (χ4v) is 3.06. The Bertz CT molecular complexity index is 599. The number of nitrogens with one attached hydrogen (secondary N) is 1. The molecule has 124 valence electrons. The maximum Gasteiger partial charge on any atom is 0.212 e. The molecule has 0 aromatic heterocycles. The summed E-state index contributed by atoms with van der Waals surface area (Å²) in [4.78, 5) is 0. The molecular formula is C16H24FNO3S. The van der Waals surface area contributed by atoms with Gasteiger partial charge >= 0.3 is 0 Å². The quantitative estimate of drug-likeness (QED) is 0.706. The molecule has 6 heteroatoms. The molecule has 1 aromatic carbocycles. The molecule has 4 nitrogen and oxygen atoms in total. The van der Waals surface area contributed by atoms with E-state index in [-0.39, 0.29) is 17.4 Å². The molecule has 0 radical (unpaired) electrons. The van der Waals surface area contributed by atoms with Gasteiger partial charge in [0.2, 0.25) is 10.0 Å². The molecule has 0 heterocycles. The molecule has 0 aliphatic carbocycles. The van der Waals surface area contributed by atoms with E-state index in [1.165, 1.54) is 6.07 Å². The predicted molar refractivity (Wildman–Crippen MR) is 86.9 cm³/mol. The summed E-state index contributed by atoms with van der Waals surface area (Å²) in [5.74, 6) is -0.0500. The van der Waals surface area contributed by atoms with Crippen molar-refractivity contribution in [3.8, 4) is 5.75 Å². The summed E-state index contributed by atoms with van der Waals surface area (Å²) in [6.07, 6.45) is 1.94. The van der Waals surface area contributed by atoms with E-state index in [0.717, 1.165) is 0 Å². The third-order valence-electron chi connectivity index (χ3n) is 2.97. The summed E-state index contributed by atoms with van der Waals surface area (Å²) in [5, 5.41) is 0. The molecule has 22 heavy (non-hydrogen) atoms. The summed E-state index contributed by atoms with van der Waals surface area (Å²) in [5.41, 5.74) is 0.655. The first-order chi connectivity index (χ1) is 10.2. The minimum Gasteiger partial charge on any atom is -0.490 e. The van der Waals surface area contributed by atoms with Crippen LogP contribution in [0.3, 0.4) is 0 Å². The standard InChI is InChI=1S/C16H24FNO3S/c1-5-6-9-22(19,20)18-13(4)14-7-8-15(17)16(10-14)21-11-12(2)3/h5,7-8,10,12-13,18H,1,6,9,11H2,2-4H3/t13-/m1/s1. The van der Waals surface area contributed by atoms with Crippen LogP contribution >= 0.6 is 0 Å². The van der Waals surface area contributed by atoms with Gasteiger partial charge < -0.3 is 4.74 Å². The molecule has 0 aliphatic rings.